The number of esters is 1. The van der Waals surface area contributed by atoms with Crippen LogP contribution in [0.25, 0.3) is 22.3 Å². The topological polar surface area (TPSA) is 235 Å². The molecule has 0 saturated carbocycles. The summed E-state index contributed by atoms with van der Waals surface area (Å²) >= 11 is 0. The summed E-state index contributed by atoms with van der Waals surface area (Å²) < 4.78 is 33.5. The van der Waals surface area contributed by atoms with Gasteiger partial charge >= 0.3 is 5.97 Å². The van der Waals surface area contributed by atoms with Crippen molar-refractivity contribution in [2.24, 2.45) is 0 Å². The minimum absolute atomic E-state index is 0.0974. The maximum Gasteiger partial charge on any atom is 0.303 e. The molecule has 2 aliphatic rings. The lowest BCUT2D eigenvalue weighted by Crippen LogP contribution is -2.59. The lowest BCUT2D eigenvalue weighted by atomic mass is 9.99. The van der Waals surface area contributed by atoms with Crippen molar-refractivity contribution in [1.82, 2.24) is 0 Å². The molecule has 0 aliphatic carbocycles. The molecule has 0 radical (unpaired) electrons. The van der Waals surface area contributed by atoms with Gasteiger partial charge in [-0.05, 0) is 38.1 Å². The van der Waals surface area contributed by atoms with Gasteiger partial charge in [-0.2, -0.15) is 0 Å². The van der Waals surface area contributed by atoms with Gasteiger partial charge in [0, 0.05) is 24.6 Å². The smallest absolute Gasteiger partial charge is 0.303 e. The molecule has 2 aliphatic heterocycles. The zero-order valence-corrected chi connectivity index (χ0v) is 23.6. The number of aliphatic hydroxyl groups excluding tert-OH is 5. The molecule has 2 aromatic carbocycles. The number of carbonyl (C=O) groups excluding carboxylic acids is 1. The van der Waals surface area contributed by atoms with Crippen LogP contribution in [0.3, 0.4) is 0 Å². The van der Waals surface area contributed by atoms with Gasteiger partial charge in [0.25, 0.3) is 0 Å². The molecule has 15 heteroatoms. The van der Waals surface area contributed by atoms with Crippen LogP contribution in [0.5, 0.6) is 23.0 Å². The van der Waals surface area contributed by atoms with Crippen molar-refractivity contribution in [2.45, 2.75) is 82.2 Å². The van der Waals surface area contributed by atoms with E-state index >= 15 is 0 Å². The van der Waals surface area contributed by atoms with Crippen LogP contribution in [0, 0.1) is 0 Å². The Kier molecular flexibility index (Phi) is 8.73. The highest BCUT2D eigenvalue weighted by Crippen LogP contribution is 2.38. The average Bonchev–Trinajstić information content (AvgIpc) is 2.97. The first-order valence-corrected chi connectivity index (χ1v) is 13.6. The van der Waals surface area contributed by atoms with Crippen molar-refractivity contribution in [3.05, 3.63) is 46.6 Å². The Bertz CT molecular complexity index is 1570. The molecule has 44 heavy (non-hydrogen) atoms. The third-order valence-electron chi connectivity index (χ3n) is 7.41. The van der Waals surface area contributed by atoms with E-state index in [2.05, 4.69) is 0 Å². The van der Waals surface area contributed by atoms with Crippen LogP contribution < -0.4 is 14.9 Å². The number of rotatable bonds is 6. The molecule has 2 saturated heterocycles. The van der Waals surface area contributed by atoms with E-state index in [1.807, 2.05) is 0 Å². The number of hydrogen-bond donors (Lipinski definition) is 7. The summed E-state index contributed by atoms with van der Waals surface area (Å²) in [5.41, 5.74) is -0.913. The predicted octanol–water partition coefficient (Wildman–Crippen LogP) is -0.145. The number of benzene rings is 2. The molecule has 238 valence electrons. The molecule has 3 aromatic rings. The third-order valence-corrected chi connectivity index (χ3v) is 7.41. The average molecular weight is 621 g/mol. The number of aromatic hydroxyl groups is 2. The third kappa shape index (κ3) is 5.90. The monoisotopic (exact) mass is 620 g/mol. The Morgan fingerprint density at radius 2 is 1.41 bits per heavy atom. The fourth-order valence-corrected chi connectivity index (χ4v) is 5.05. The van der Waals surface area contributed by atoms with Gasteiger partial charge in [0.1, 0.15) is 58.7 Å². The van der Waals surface area contributed by atoms with Crippen LogP contribution in [0.15, 0.2) is 45.6 Å². The van der Waals surface area contributed by atoms with E-state index in [1.54, 1.807) is 0 Å². The lowest BCUT2D eigenvalue weighted by molar-refractivity contribution is -0.272. The molecule has 3 heterocycles. The van der Waals surface area contributed by atoms with Crippen molar-refractivity contribution in [2.75, 3.05) is 0 Å². The van der Waals surface area contributed by atoms with Gasteiger partial charge in [0.2, 0.25) is 23.8 Å². The number of phenolic OH excluding ortho intramolecular Hbond substituents is 2. The molecular formula is C29H32O15. The number of carbonyl (C=O) groups is 1. The van der Waals surface area contributed by atoms with Crippen molar-refractivity contribution in [3.63, 3.8) is 0 Å². The van der Waals surface area contributed by atoms with Gasteiger partial charge in [-0.25, -0.2) is 0 Å². The number of ether oxygens (including phenoxy) is 5. The Morgan fingerprint density at radius 3 is 2.07 bits per heavy atom. The fourth-order valence-electron chi connectivity index (χ4n) is 5.05. The van der Waals surface area contributed by atoms with Crippen LogP contribution in [0.2, 0.25) is 0 Å². The molecule has 5 rings (SSSR count). The van der Waals surface area contributed by atoms with Gasteiger partial charge in [0.05, 0.1) is 12.2 Å². The molecule has 10 atom stereocenters. The zero-order chi connectivity index (χ0) is 32.0. The molecule has 0 unspecified atom stereocenters. The summed E-state index contributed by atoms with van der Waals surface area (Å²) in [6.45, 7) is 4.05. The lowest BCUT2D eigenvalue weighted by Gasteiger charge is -2.40. The number of hydrogen-bond acceptors (Lipinski definition) is 15. The minimum atomic E-state index is -1.79. The Labute approximate surface area is 249 Å². The molecular weight excluding hydrogens is 588 g/mol. The van der Waals surface area contributed by atoms with Gasteiger partial charge in [-0.15, -0.1) is 0 Å². The second-order valence-electron chi connectivity index (χ2n) is 10.6. The molecule has 15 nitrogen and oxygen atoms in total. The first-order chi connectivity index (χ1) is 20.8. The summed E-state index contributed by atoms with van der Waals surface area (Å²) in [5, 5.41) is 72.0. The van der Waals surface area contributed by atoms with Crippen LogP contribution in [0.1, 0.15) is 20.8 Å². The summed E-state index contributed by atoms with van der Waals surface area (Å²) in [6.07, 6.45) is -14.3. The van der Waals surface area contributed by atoms with E-state index in [4.69, 9.17) is 28.1 Å². The molecule has 1 aromatic heterocycles. The SMILES string of the molecule is CC(=O)O[C@@H]1[C@@H](O)[C@@H](O)[C@H](Oc2c(-c3ccc(O)cc3)oc3cc(O[C@@H]4O[C@@H](C)[C@H](O)[C@@H](O)[C@H]4O)cc(O)c3c2=O)O[C@H]1C. The van der Waals surface area contributed by atoms with E-state index in [9.17, 15) is 45.3 Å². The summed E-state index contributed by atoms with van der Waals surface area (Å²) in [5.74, 6) is -2.34. The summed E-state index contributed by atoms with van der Waals surface area (Å²) in [4.78, 5) is 25.3. The van der Waals surface area contributed by atoms with Crippen LogP contribution in [0.4, 0.5) is 0 Å². The van der Waals surface area contributed by atoms with Gasteiger partial charge in [0.15, 0.2) is 11.9 Å². The fraction of sp³-hybridized carbons (Fsp3) is 0.448. The largest absolute Gasteiger partial charge is 0.508 e. The summed E-state index contributed by atoms with van der Waals surface area (Å²) in [7, 11) is 0. The van der Waals surface area contributed by atoms with Crippen LogP contribution in [-0.4, -0.2) is 103 Å². The van der Waals surface area contributed by atoms with E-state index in [-0.39, 0.29) is 33.8 Å². The van der Waals surface area contributed by atoms with Gasteiger partial charge < -0.3 is 63.8 Å². The van der Waals surface area contributed by atoms with E-state index in [1.165, 1.54) is 44.2 Å². The maximum atomic E-state index is 13.8. The van der Waals surface area contributed by atoms with Gasteiger partial charge in [-0.3, -0.25) is 9.59 Å². The Hall–Kier alpha value is -3.96. The van der Waals surface area contributed by atoms with Crippen LogP contribution in [-0.2, 0) is 19.0 Å². The number of fused-ring (bicyclic) bond motifs is 1. The first kappa shape index (κ1) is 31.5. The number of aliphatic hydroxyl groups is 5. The van der Waals surface area contributed by atoms with E-state index in [0.29, 0.717) is 0 Å². The second kappa shape index (κ2) is 12.2. The first-order valence-electron chi connectivity index (χ1n) is 13.6. The summed E-state index contributed by atoms with van der Waals surface area (Å²) in [6, 6.07) is 7.67. The van der Waals surface area contributed by atoms with Gasteiger partial charge in [-0.1, -0.05) is 0 Å². The Balaban J connectivity index is 1.55. The zero-order valence-electron chi connectivity index (χ0n) is 23.6. The van der Waals surface area contributed by atoms with Crippen LogP contribution >= 0.6 is 0 Å². The van der Waals surface area contributed by atoms with E-state index < -0.39 is 84.3 Å². The highest BCUT2D eigenvalue weighted by molar-refractivity contribution is 5.88. The molecule has 0 spiro atoms. The highest BCUT2D eigenvalue weighted by atomic mass is 16.7. The number of phenols is 2. The standard InChI is InChI=1S/C29H32O15/c1-10-19(33)21(35)23(37)28(39-10)42-15-8-16(32)18-17(9-15)43-26(13-4-6-14(31)7-5-13)27(20(18)34)44-29-24(38)22(36)25(11(2)40-29)41-12(3)30/h4-11,19,21-25,28-29,31-33,35-38H,1-3H3/t10-,11-,19-,21+,22-,23+,24+,25-,28-,29-/m0/s1. The maximum absolute atomic E-state index is 13.8. The van der Waals surface area contributed by atoms with Crippen molar-refractivity contribution in [1.29, 1.82) is 0 Å². The minimum Gasteiger partial charge on any atom is -0.508 e. The van der Waals surface area contributed by atoms with E-state index in [0.717, 1.165) is 13.0 Å². The normalized spacial score (nSPS) is 32.3. The molecule has 7 N–H and O–H groups in total. The van der Waals surface area contributed by atoms with Crippen molar-refractivity contribution < 1.29 is 68.6 Å². The Morgan fingerprint density at radius 1 is 0.795 bits per heavy atom. The molecule has 2 fully saturated rings. The predicted molar refractivity (Wildman–Crippen MR) is 147 cm³/mol. The van der Waals surface area contributed by atoms with Crippen molar-refractivity contribution in [3.8, 4) is 34.3 Å². The van der Waals surface area contributed by atoms with Crippen molar-refractivity contribution >= 4 is 16.9 Å². The quantitative estimate of drug-likeness (QED) is 0.178. The second-order valence-corrected chi connectivity index (χ2v) is 10.6. The molecule has 0 bridgehead atoms. The highest BCUT2D eigenvalue weighted by Gasteiger charge is 2.47. The molecule has 0 amide bonds.